The first-order chi connectivity index (χ1) is 14.0. The molecule has 2 aromatic carbocycles. The Balaban J connectivity index is 1.49. The van der Waals surface area contributed by atoms with Gasteiger partial charge >= 0.3 is 0 Å². The number of aryl methyl sites for hydroxylation is 1. The molecule has 6 nitrogen and oxygen atoms in total. The number of amides is 1. The van der Waals surface area contributed by atoms with Crippen molar-refractivity contribution in [1.29, 1.82) is 0 Å². The van der Waals surface area contributed by atoms with E-state index in [-0.39, 0.29) is 23.4 Å². The van der Waals surface area contributed by atoms with Crippen molar-refractivity contribution in [2.45, 2.75) is 36.7 Å². The number of carbonyl (C=O) groups excluding carboxylic acids is 1. The van der Waals surface area contributed by atoms with Gasteiger partial charge < -0.3 is 9.73 Å². The number of hydrogen-bond acceptors (Lipinski definition) is 4. The molecule has 0 saturated heterocycles. The second-order valence-electron chi connectivity index (χ2n) is 7.05. The molecule has 4 rings (SSSR count). The van der Waals surface area contributed by atoms with Gasteiger partial charge in [-0.1, -0.05) is 30.3 Å². The van der Waals surface area contributed by atoms with Crippen molar-refractivity contribution in [3.05, 3.63) is 89.4 Å². The van der Waals surface area contributed by atoms with Crippen molar-refractivity contribution >= 4 is 15.9 Å². The monoisotopic (exact) mass is 410 g/mol. The van der Waals surface area contributed by atoms with Gasteiger partial charge in [-0.15, -0.1) is 0 Å². The summed E-state index contributed by atoms with van der Waals surface area (Å²) in [5, 5.41) is 3.06. The van der Waals surface area contributed by atoms with Gasteiger partial charge in [-0.2, -0.15) is 0 Å². The van der Waals surface area contributed by atoms with Gasteiger partial charge in [0.2, 0.25) is 10.0 Å². The van der Waals surface area contributed by atoms with Crippen molar-refractivity contribution < 1.29 is 17.6 Å². The predicted octanol–water partition coefficient (Wildman–Crippen LogP) is 3.57. The number of carbonyl (C=O) groups is 1. The summed E-state index contributed by atoms with van der Waals surface area (Å²) >= 11 is 0. The fourth-order valence-electron chi connectivity index (χ4n) is 3.61. The number of rotatable bonds is 6. The summed E-state index contributed by atoms with van der Waals surface area (Å²) in [6, 6.07) is 17.5. The van der Waals surface area contributed by atoms with Crippen LogP contribution in [-0.4, -0.2) is 14.3 Å². The van der Waals surface area contributed by atoms with Crippen LogP contribution in [0.4, 0.5) is 0 Å². The molecule has 1 atom stereocenters. The molecule has 2 N–H and O–H groups in total. The Morgan fingerprint density at radius 3 is 2.76 bits per heavy atom. The molecule has 0 fully saturated rings. The van der Waals surface area contributed by atoms with E-state index in [2.05, 4.69) is 16.1 Å². The highest BCUT2D eigenvalue weighted by atomic mass is 32.2. The minimum atomic E-state index is -3.76. The second kappa shape index (κ2) is 8.23. The summed E-state index contributed by atoms with van der Waals surface area (Å²) < 4.78 is 32.8. The third-order valence-electron chi connectivity index (χ3n) is 5.10. The summed E-state index contributed by atoms with van der Waals surface area (Å²) in [5.41, 5.74) is 2.70. The van der Waals surface area contributed by atoms with E-state index >= 15 is 0 Å². The Morgan fingerprint density at radius 1 is 1.07 bits per heavy atom. The van der Waals surface area contributed by atoms with Crippen molar-refractivity contribution in [3.8, 4) is 0 Å². The quantitative estimate of drug-likeness (QED) is 0.650. The highest BCUT2D eigenvalue weighted by Gasteiger charge is 2.23. The molecule has 0 aliphatic heterocycles. The molecule has 0 spiro atoms. The van der Waals surface area contributed by atoms with Crippen LogP contribution in [0.25, 0.3) is 0 Å². The lowest BCUT2D eigenvalue weighted by atomic mass is 9.87. The summed E-state index contributed by atoms with van der Waals surface area (Å²) in [7, 11) is -3.76. The van der Waals surface area contributed by atoms with Crippen LogP contribution in [0.15, 0.2) is 76.2 Å². The van der Waals surface area contributed by atoms with Gasteiger partial charge in [0.05, 0.1) is 23.7 Å². The standard InChI is InChI=1S/C22H22N2O4S/c25-22(24-21-12-4-7-16-6-1-2-11-20(16)21)17-8-3-10-19(14-17)29(26,27)23-15-18-9-5-13-28-18/h1-3,5-6,8-11,13-14,21,23H,4,7,12,15H2,(H,24,25). The fourth-order valence-corrected chi connectivity index (χ4v) is 4.65. The molecule has 1 aromatic heterocycles. The van der Waals surface area contributed by atoms with E-state index in [1.54, 1.807) is 24.3 Å². The van der Waals surface area contributed by atoms with Crippen LogP contribution in [-0.2, 0) is 23.0 Å². The summed E-state index contributed by atoms with van der Waals surface area (Å²) in [5.74, 6) is 0.230. The predicted molar refractivity (Wildman–Crippen MR) is 109 cm³/mol. The summed E-state index contributed by atoms with van der Waals surface area (Å²) in [4.78, 5) is 12.8. The van der Waals surface area contributed by atoms with Gasteiger partial charge in [0.25, 0.3) is 5.91 Å². The third-order valence-corrected chi connectivity index (χ3v) is 6.50. The lowest BCUT2D eigenvalue weighted by molar-refractivity contribution is 0.0932. The van der Waals surface area contributed by atoms with Gasteiger partial charge in [0.1, 0.15) is 5.76 Å². The molecular weight excluding hydrogens is 388 g/mol. The number of sulfonamides is 1. The highest BCUT2D eigenvalue weighted by molar-refractivity contribution is 7.89. The lowest BCUT2D eigenvalue weighted by Gasteiger charge is -2.26. The largest absolute Gasteiger partial charge is 0.468 e. The molecule has 29 heavy (non-hydrogen) atoms. The third kappa shape index (κ3) is 4.41. The molecule has 1 amide bonds. The van der Waals surface area contributed by atoms with Gasteiger partial charge in [0.15, 0.2) is 0 Å². The average Bonchev–Trinajstić information content (AvgIpc) is 3.26. The Kier molecular flexibility index (Phi) is 5.51. The van der Waals surface area contributed by atoms with E-state index in [0.29, 0.717) is 11.3 Å². The molecule has 1 heterocycles. The second-order valence-corrected chi connectivity index (χ2v) is 8.82. The van der Waals surface area contributed by atoms with Gasteiger partial charge in [-0.3, -0.25) is 4.79 Å². The zero-order valence-electron chi connectivity index (χ0n) is 15.8. The summed E-state index contributed by atoms with van der Waals surface area (Å²) in [6.07, 6.45) is 4.37. The maximum atomic E-state index is 12.8. The average molecular weight is 410 g/mol. The molecule has 1 aliphatic carbocycles. The van der Waals surface area contributed by atoms with Crippen molar-refractivity contribution in [3.63, 3.8) is 0 Å². The Labute approximate surface area is 170 Å². The van der Waals surface area contributed by atoms with Crippen LogP contribution in [0.3, 0.4) is 0 Å². The van der Waals surface area contributed by atoms with Crippen molar-refractivity contribution in [1.82, 2.24) is 10.0 Å². The Bertz CT molecular complexity index is 1110. The smallest absolute Gasteiger partial charge is 0.251 e. The van der Waals surface area contributed by atoms with Gasteiger partial charge in [-0.25, -0.2) is 13.1 Å². The number of hydrogen-bond donors (Lipinski definition) is 2. The number of nitrogens with one attached hydrogen (secondary N) is 2. The summed E-state index contributed by atoms with van der Waals surface area (Å²) in [6.45, 7) is 0.0462. The zero-order chi connectivity index (χ0) is 20.3. The van der Waals surface area contributed by atoms with E-state index in [0.717, 1.165) is 24.8 Å². The lowest BCUT2D eigenvalue weighted by Crippen LogP contribution is -2.31. The van der Waals surface area contributed by atoms with Crippen LogP contribution in [0, 0.1) is 0 Å². The van der Waals surface area contributed by atoms with E-state index in [1.807, 2.05) is 18.2 Å². The molecule has 3 aromatic rings. The van der Waals surface area contributed by atoms with Crippen molar-refractivity contribution in [2.75, 3.05) is 0 Å². The maximum Gasteiger partial charge on any atom is 0.251 e. The first-order valence-electron chi connectivity index (χ1n) is 9.54. The fraction of sp³-hybridized carbons (Fsp3) is 0.227. The molecule has 1 unspecified atom stereocenters. The van der Waals surface area contributed by atoms with E-state index in [1.165, 1.54) is 24.0 Å². The number of benzene rings is 2. The maximum absolute atomic E-state index is 12.8. The van der Waals surface area contributed by atoms with Gasteiger partial charge in [-0.05, 0) is 60.7 Å². The van der Waals surface area contributed by atoms with Gasteiger partial charge in [0, 0.05) is 5.56 Å². The molecule has 1 aliphatic rings. The minimum absolute atomic E-state index is 0.0424. The molecule has 0 saturated carbocycles. The van der Waals surface area contributed by atoms with E-state index in [9.17, 15) is 13.2 Å². The molecule has 7 heteroatoms. The van der Waals surface area contributed by atoms with Crippen LogP contribution >= 0.6 is 0 Å². The van der Waals surface area contributed by atoms with Crippen LogP contribution in [0.5, 0.6) is 0 Å². The first-order valence-corrected chi connectivity index (χ1v) is 11.0. The van der Waals surface area contributed by atoms with Crippen LogP contribution in [0.1, 0.15) is 46.1 Å². The normalized spacial score (nSPS) is 16.2. The molecule has 0 bridgehead atoms. The van der Waals surface area contributed by atoms with Crippen LogP contribution < -0.4 is 10.0 Å². The highest BCUT2D eigenvalue weighted by Crippen LogP contribution is 2.29. The molecule has 0 radical (unpaired) electrons. The molecule has 150 valence electrons. The first kappa shape index (κ1) is 19.4. The van der Waals surface area contributed by atoms with E-state index < -0.39 is 10.0 Å². The zero-order valence-corrected chi connectivity index (χ0v) is 16.6. The number of furan rings is 1. The Morgan fingerprint density at radius 2 is 1.93 bits per heavy atom. The SMILES string of the molecule is O=C(NC1CCCc2ccccc21)c1cccc(S(=O)(=O)NCc2ccco2)c1. The minimum Gasteiger partial charge on any atom is -0.468 e. The van der Waals surface area contributed by atoms with Crippen molar-refractivity contribution in [2.24, 2.45) is 0 Å². The molecular formula is C22H22N2O4S. The van der Waals surface area contributed by atoms with E-state index in [4.69, 9.17) is 4.42 Å². The Hall–Kier alpha value is -2.90. The number of fused-ring (bicyclic) bond motifs is 1. The topological polar surface area (TPSA) is 88.4 Å². The van der Waals surface area contributed by atoms with Crippen LogP contribution in [0.2, 0.25) is 0 Å².